The predicted molar refractivity (Wildman–Crippen MR) is 403 cm³/mol. The van der Waals surface area contributed by atoms with Crippen LogP contribution in [0.3, 0.4) is 0 Å². The summed E-state index contributed by atoms with van der Waals surface area (Å²) in [6.45, 7) is 10.9. The number of hydrogen-bond donors (Lipinski definition) is 3. The first-order valence-electron chi connectivity index (χ1n) is 34.0. The van der Waals surface area contributed by atoms with Crippen LogP contribution < -0.4 is 17.2 Å². The Bertz CT molecular complexity index is 4890. The van der Waals surface area contributed by atoms with Crippen molar-refractivity contribution in [2.24, 2.45) is 17.2 Å². The molecule has 0 saturated carbocycles. The third kappa shape index (κ3) is 19.8. The molecule has 510 valence electrons. The number of hydrogen-bond acceptors (Lipinski definition) is 12. The molecule has 6 N–H and O–H groups in total. The summed E-state index contributed by atoms with van der Waals surface area (Å²) in [4.78, 5) is 76.3. The molecule has 3 unspecified atom stereocenters. The third-order valence-electron chi connectivity index (χ3n) is 18.1. The van der Waals surface area contributed by atoms with Gasteiger partial charge in [0.25, 0.3) is 0 Å². The largest absolute Gasteiger partial charge is 0.457 e. The smallest absolute Gasteiger partial charge is 0.338 e. The number of nitrogens with two attached hydrogens (primary N) is 3. The Kier molecular flexibility index (Phi) is 25.1. The minimum atomic E-state index is -0.377. The van der Waals surface area contributed by atoms with Gasteiger partial charge in [0.15, 0.2) is 0 Å². The molecule has 0 spiro atoms. The molecule has 12 aromatic rings. The first kappa shape index (κ1) is 72.5. The minimum Gasteiger partial charge on any atom is -0.457 e. The number of benzene rings is 12. The van der Waals surface area contributed by atoms with E-state index in [1.807, 2.05) is 235 Å². The van der Waals surface area contributed by atoms with Gasteiger partial charge in [-0.25, -0.2) is 14.4 Å². The molecule has 3 atom stereocenters. The lowest BCUT2D eigenvalue weighted by atomic mass is 9.90. The van der Waals surface area contributed by atoms with E-state index in [9.17, 15) is 28.8 Å². The number of Topliss-reactive ketones (excluding diaryl/α,β-unsaturated/α-hetero) is 3. The van der Waals surface area contributed by atoms with Crippen molar-refractivity contribution in [1.29, 1.82) is 0 Å². The van der Waals surface area contributed by atoms with Gasteiger partial charge in [-0.15, -0.1) is 0 Å². The molecule has 0 heterocycles. The Balaban J connectivity index is 0.000000163. The number of aryl methyl sites for hydroxylation is 5. The van der Waals surface area contributed by atoms with Crippen LogP contribution >= 0.6 is 0 Å². The molecule has 0 aliphatic carbocycles. The number of ketones is 3. The highest BCUT2D eigenvalue weighted by molar-refractivity contribution is 5.94. The van der Waals surface area contributed by atoms with Crippen molar-refractivity contribution < 1.29 is 43.0 Å². The van der Waals surface area contributed by atoms with Crippen molar-refractivity contribution >= 4 is 67.6 Å². The zero-order valence-electron chi connectivity index (χ0n) is 57.8. The van der Waals surface area contributed by atoms with Crippen LogP contribution in [0.1, 0.15) is 127 Å². The maximum absolute atomic E-state index is 13.0. The average molecular weight is 1340 g/mol. The number of esters is 3. The van der Waals surface area contributed by atoms with Crippen molar-refractivity contribution in [3.8, 4) is 0 Å². The van der Waals surface area contributed by atoms with E-state index in [0.29, 0.717) is 36.0 Å². The van der Waals surface area contributed by atoms with E-state index in [1.165, 1.54) is 0 Å². The summed E-state index contributed by atoms with van der Waals surface area (Å²) in [5.74, 6) is -1.89. The summed E-state index contributed by atoms with van der Waals surface area (Å²) >= 11 is 0. The zero-order valence-corrected chi connectivity index (χ0v) is 57.8. The summed E-state index contributed by atoms with van der Waals surface area (Å²) in [5, 5.41) is 6.83. The lowest BCUT2D eigenvalue weighted by molar-refractivity contribution is -0.120. The molecule has 0 fully saturated rings. The van der Waals surface area contributed by atoms with Gasteiger partial charge in [-0.2, -0.15) is 0 Å². The highest BCUT2D eigenvalue weighted by Crippen LogP contribution is 2.27. The van der Waals surface area contributed by atoms with E-state index in [1.54, 1.807) is 12.1 Å². The van der Waals surface area contributed by atoms with Crippen LogP contribution in [0.25, 0.3) is 32.3 Å². The second kappa shape index (κ2) is 35.0. The number of ether oxygens (including phenoxy) is 3. The van der Waals surface area contributed by atoms with Crippen LogP contribution in [-0.2, 0) is 67.7 Å². The molecule has 101 heavy (non-hydrogen) atoms. The number of carbonyl (C=O) groups excluding carboxylic acids is 6. The summed E-state index contributed by atoms with van der Waals surface area (Å²) < 4.78 is 16.4. The quantitative estimate of drug-likeness (QED) is 0.0381. The van der Waals surface area contributed by atoms with Gasteiger partial charge in [-0.1, -0.05) is 253 Å². The first-order valence-corrected chi connectivity index (χ1v) is 34.0. The van der Waals surface area contributed by atoms with E-state index in [4.69, 9.17) is 31.4 Å². The van der Waals surface area contributed by atoms with Crippen molar-refractivity contribution in [2.45, 2.75) is 91.5 Å². The van der Waals surface area contributed by atoms with Crippen LogP contribution in [0.2, 0.25) is 0 Å². The molecule has 0 radical (unpaired) electrons. The van der Waals surface area contributed by atoms with E-state index < -0.39 is 0 Å². The SMILES string of the molecule is Cc1cc(C)cc(C(=O)OCc2ccc(C(CN)C(=O)Cc3ccc4ccccc4c3)cc2)c1.Cc1ccc(C(=O)OCc2ccc(C(CN)C(=O)Cc3ccc4ccccc4c3)cc2)c(C)c1.Cc1ccccc1C(=O)OCc1ccc(C(CN)C(=O)Cc2ccc3ccccc3c2)cc1. The lowest BCUT2D eigenvalue weighted by Crippen LogP contribution is -2.23. The molecule has 0 aliphatic heterocycles. The van der Waals surface area contributed by atoms with Gasteiger partial charge in [0.1, 0.15) is 37.2 Å². The Hall–Kier alpha value is -11.3. The molecule has 0 aliphatic rings. The summed E-state index contributed by atoms with van der Waals surface area (Å²) in [6.07, 6.45) is 1.01. The molecule has 12 nitrogen and oxygen atoms in total. The van der Waals surface area contributed by atoms with Gasteiger partial charge in [0.2, 0.25) is 0 Å². The van der Waals surface area contributed by atoms with Crippen LogP contribution in [0.15, 0.2) is 261 Å². The second-order valence-corrected chi connectivity index (χ2v) is 25.8. The number of carbonyl (C=O) groups is 6. The zero-order chi connectivity index (χ0) is 71.4. The van der Waals surface area contributed by atoms with Gasteiger partial charge in [0, 0.05) is 38.9 Å². The van der Waals surface area contributed by atoms with Crippen LogP contribution in [0.5, 0.6) is 0 Å². The van der Waals surface area contributed by atoms with Gasteiger partial charge in [-0.3, -0.25) is 14.4 Å². The van der Waals surface area contributed by atoms with Crippen LogP contribution in [0.4, 0.5) is 0 Å². The van der Waals surface area contributed by atoms with Crippen molar-refractivity contribution in [1.82, 2.24) is 0 Å². The highest BCUT2D eigenvalue weighted by atomic mass is 16.5. The van der Waals surface area contributed by atoms with Crippen molar-refractivity contribution in [3.05, 3.63) is 355 Å². The van der Waals surface area contributed by atoms with E-state index >= 15 is 0 Å². The summed E-state index contributed by atoms with van der Waals surface area (Å²) in [6, 6.07) is 84.0. The van der Waals surface area contributed by atoms with E-state index in [2.05, 4.69) is 48.5 Å². The maximum Gasteiger partial charge on any atom is 0.338 e. The van der Waals surface area contributed by atoms with Gasteiger partial charge in [0.05, 0.1) is 34.4 Å². The van der Waals surface area contributed by atoms with E-state index in [-0.39, 0.29) is 92.5 Å². The highest BCUT2D eigenvalue weighted by Gasteiger charge is 2.23. The first-order chi connectivity index (χ1) is 48.9. The maximum atomic E-state index is 13.0. The second-order valence-electron chi connectivity index (χ2n) is 25.8. The molecule has 0 amide bonds. The third-order valence-corrected chi connectivity index (χ3v) is 18.1. The molecule has 12 heteroatoms. The van der Waals surface area contributed by atoms with Crippen molar-refractivity contribution in [3.63, 3.8) is 0 Å². The minimum absolute atomic E-state index is 0.0894. The molecular formula is C89H85N3O9. The van der Waals surface area contributed by atoms with Crippen LogP contribution in [-0.4, -0.2) is 54.9 Å². The van der Waals surface area contributed by atoms with Gasteiger partial charge < -0.3 is 31.4 Å². The lowest BCUT2D eigenvalue weighted by Gasteiger charge is -2.15. The molecule has 0 saturated heterocycles. The molecule has 0 bridgehead atoms. The Morgan fingerprint density at radius 2 is 0.604 bits per heavy atom. The molecule has 12 aromatic carbocycles. The topological polar surface area (TPSA) is 208 Å². The average Bonchev–Trinajstić information content (AvgIpc) is 0.855. The Labute approximate surface area is 591 Å². The van der Waals surface area contributed by atoms with Gasteiger partial charge in [-0.05, 0) is 152 Å². The summed E-state index contributed by atoms with van der Waals surface area (Å²) in [7, 11) is 0. The standard InChI is InChI=1S/2C30H29NO3.C29H27NO3/c1-20-7-14-27(21(2)15-20)30(33)34-19-22-8-12-25(13-9-22)28(18-31)29(32)17-23-10-11-24-5-3-4-6-26(24)16-23;1-20-13-21(2)15-27(14-20)30(33)34-19-22-7-11-25(12-8-22)28(18-31)29(32)17-23-9-10-24-5-3-4-6-26(24)16-23;1-20-6-2-5-9-26(20)29(32)33-19-21-10-14-24(15-11-21)27(18-30)28(31)17-22-12-13-23-7-3-4-8-25(23)16-22/h2*3-16,28H,17-19,31H2,1-2H3;2-16,27H,17-19,30H2,1H3. The normalized spacial score (nSPS) is 11.8. The van der Waals surface area contributed by atoms with Gasteiger partial charge >= 0.3 is 17.9 Å². The molecular weight excluding hydrogens is 1250 g/mol. The fraction of sp³-hybridized carbons (Fsp3) is 0.191. The van der Waals surface area contributed by atoms with E-state index in [0.717, 1.165) is 110 Å². The molecule has 12 rings (SSSR count). The fourth-order valence-electron chi connectivity index (χ4n) is 12.5. The fourth-order valence-corrected chi connectivity index (χ4v) is 12.5. The predicted octanol–water partition coefficient (Wildman–Crippen LogP) is 16.7. The number of fused-ring (bicyclic) bond motifs is 3. The Morgan fingerprint density at radius 3 is 0.950 bits per heavy atom. The van der Waals surface area contributed by atoms with Crippen molar-refractivity contribution in [2.75, 3.05) is 19.6 Å². The monoisotopic (exact) mass is 1340 g/mol. The Morgan fingerprint density at radius 1 is 0.287 bits per heavy atom. The van der Waals surface area contributed by atoms with Crippen LogP contribution in [0, 0.1) is 34.6 Å². The summed E-state index contributed by atoms with van der Waals surface area (Å²) in [5.41, 5.74) is 32.7. The number of rotatable bonds is 24. The molecule has 0 aromatic heterocycles.